The smallest absolute Gasteiger partial charge is 0.264 e. The van der Waals surface area contributed by atoms with Gasteiger partial charge in [-0.3, -0.25) is 14.6 Å². The predicted octanol–water partition coefficient (Wildman–Crippen LogP) is 1.95. The Kier molecular flexibility index (Phi) is 4.75. The van der Waals surface area contributed by atoms with Crippen molar-refractivity contribution in [3.8, 4) is 17.2 Å². The summed E-state index contributed by atoms with van der Waals surface area (Å²) in [4.78, 5) is 35.5. The van der Waals surface area contributed by atoms with Gasteiger partial charge in [0.15, 0.2) is 5.82 Å². The number of nitrogens with one attached hydrogen (secondary N) is 2. The molecule has 2 N–H and O–H groups in total. The molecule has 0 spiro atoms. The third kappa shape index (κ3) is 3.70. The second-order valence-corrected chi connectivity index (χ2v) is 5.99. The lowest BCUT2D eigenvalue weighted by molar-refractivity contribution is 0.0949. The third-order valence-corrected chi connectivity index (χ3v) is 4.08. The second-order valence-electron chi connectivity index (χ2n) is 5.99. The normalized spacial score (nSPS) is 10.6. The number of rotatable bonds is 5. The molecule has 0 saturated heterocycles. The standard InChI is InChI=1S/C20H16N6O2/c27-19(16-13-22-18(25-20(16)28)17-7-1-2-8-21-17)23-12-14-5-3-6-15(11-14)26-10-4-9-24-26/h1-11,13H,12H2,(H,23,27)(H,22,25,28). The summed E-state index contributed by atoms with van der Waals surface area (Å²) < 4.78 is 1.73. The molecule has 0 radical (unpaired) electrons. The number of nitrogens with zero attached hydrogens (tertiary/aromatic N) is 4. The van der Waals surface area contributed by atoms with Crippen LogP contribution in [0.2, 0.25) is 0 Å². The van der Waals surface area contributed by atoms with Crippen LogP contribution in [-0.4, -0.2) is 30.6 Å². The average molecular weight is 372 g/mol. The zero-order valence-corrected chi connectivity index (χ0v) is 14.7. The molecule has 138 valence electrons. The lowest BCUT2D eigenvalue weighted by Gasteiger charge is -2.08. The van der Waals surface area contributed by atoms with Crippen molar-refractivity contribution in [3.05, 3.63) is 94.8 Å². The summed E-state index contributed by atoms with van der Waals surface area (Å²) in [5.41, 5.74) is 1.73. The number of H-pyrrole nitrogens is 1. The van der Waals surface area contributed by atoms with E-state index in [0.717, 1.165) is 11.3 Å². The van der Waals surface area contributed by atoms with Gasteiger partial charge in [-0.05, 0) is 35.9 Å². The van der Waals surface area contributed by atoms with Gasteiger partial charge in [-0.1, -0.05) is 18.2 Å². The Hall–Kier alpha value is -4.07. The van der Waals surface area contributed by atoms with Crippen LogP contribution in [0.25, 0.3) is 17.2 Å². The first-order valence-electron chi connectivity index (χ1n) is 8.58. The van der Waals surface area contributed by atoms with Crippen molar-refractivity contribution in [1.82, 2.24) is 30.0 Å². The first-order chi connectivity index (χ1) is 13.7. The molecule has 3 heterocycles. The van der Waals surface area contributed by atoms with E-state index < -0.39 is 11.5 Å². The topological polar surface area (TPSA) is 106 Å². The molecule has 0 unspecified atom stereocenters. The van der Waals surface area contributed by atoms with Crippen molar-refractivity contribution in [1.29, 1.82) is 0 Å². The summed E-state index contributed by atoms with van der Waals surface area (Å²) in [7, 11) is 0. The lowest BCUT2D eigenvalue weighted by atomic mass is 10.2. The van der Waals surface area contributed by atoms with E-state index in [1.807, 2.05) is 36.5 Å². The molecule has 0 saturated carbocycles. The van der Waals surface area contributed by atoms with E-state index in [2.05, 4.69) is 25.4 Å². The molecule has 0 atom stereocenters. The van der Waals surface area contributed by atoms with E-state index in [1.54, 1.807) is 35.3 Å². The number of benzene rings is 1. The van der Waals surface area contributed by atoms with Crippen molar-refractivity contribution in [2.45, 2.75) is 6.54 Å². The molecular weight excluding hydrogens is 356 g/mol. The van der Waals surface area contributed by atoms with Crippen molar-refractivity contribution in [2.75, 3.05) is 0 Å². The Bertz CT molecular complexity index is 1150. The maximum absolute atomic E-state index is 12.4. The first-order valence-corrected chi connectivity index (χ1v) is 8.58. The van der Waals surface area contributed by atoms with Gasteiger partial charge in [0.2, 0.25) is 0 Å². The first kappa shape index (κ1) is 17.3. The summed E-state index contributed by atoms with van der Waals surface area (Å²) in [5, 5.41) is 6.93. The molecule has 8 heteroatoms. The van der Waals surface area contributed by atoms with Crippen LogP contribution in [0.15, 0.2) is 78.1 Å². The molecule has 4 rings (SSSR count). The number of hydrogen-bond donors (Lipinski definition) is 2. The molecule has 0 aliphatic carbocycles. The van der Waals surface area contributed by atoms with Gasteiger partial charge >= 0.3 is 0 Å². The van der Waals surface area contributed by atoms with Gasteiger partial charge in [0.25, 0.3) is 11.5 Å². The number of carbonyl (C=O) groups is 1. The molecule has 8 nitrogen and oxygen atoms in total. The molecule has 4 aromatic rings. The van der Waals surface area contributed by atoms with Gasteiger partial charge in [0.1, 0.15) is 11.3 Å². The largest absolute Gasteiger partial charge is 0.348 e. The van der Waals surface area contributed by atoms with Gasteiger partial charge in [-0.2, -0.15) is 5.10 Å². The molecule has 3 aromatic heterocycles. The maximum Gasteiger partial charge on any atom is 0.264 e. The SMILES string of the molecule is O=C(NCc1cccc(-n2cccn2)c1)c1cnc(-c2ccccn2)[nH]c1=O. The Morgan fingerprint density at radius 2 is 2.00 bits per heavy atom. The van der Waals surface area contributed by atoms with E-state index in [-0.39, 0.29) is 12.1 Å². The second kappa shape index (κ2) is 7.67. The summed E-state index contributed by atoms with van der Waals surface area (Å²) in [6.45, 7) is 0.273. The molecule has 0 aliphatic rings. The zero-order chi connectivity index (χ0) is 19.3. The highest BCUT2D eigenvalue weighted by molar-refractivity contribution is 5.93. The van der Waals surface area contributed by atoms with E-state index in [0.29, 0.717) is 11.5 Å². The summed E-state index contributed by atoms with van der Waals surface area (Å²) in [5.74, 6) is -0.181. The minimum atomic E-state index is -0.515. The summed E-state index contributed by atoms with van der Waals surface area (Å²) in [6, 6.07) is 14.7. The van der Waals surface area contributed by atoms with Gasteiger partial charge in [0, 0.05) is 31.3 Å². The van der Waals surface area contributed by atoms with Crippen molar-refractivity contribution >= 4 is 5.91 Å². The highest BCUT2D eigenvalue weighted by Gasteiger charge is 2.13. The van der Waals surface area contributed by atoms with Gasteiger partial charge in [-0.25, -0.2) is 9.67 Å². The minimum Gasteiger partial charge on any atom is -0.348 e. The zero-order valence-electron chi connectivity index (χ0n) is 14.7. The van der Waals surface area contributed by atoms with E-state index in [4.69, 9.17) is 0 Å². The molecule has 1 amide bonds. The van der Waals surface area contributed by atoms with Gasteiger partial charge in [0.05, 0.1) is 5.69 Å². The molecule has 0 fully saturated rings. The maximum atomic E-state index is 12.4. The van der Waals surface area contributed by atoms with Gasteiger partial charge < -0.3 is 10.3 Å². The summed E-state index contributed by atoms with van der Waals surface area (Å²) >= 11 is 0. The van der Waals surface area contributed by atoms with Crippen LogP contribution >= 0.6 is 0 Å². The average Bonchev–Trinajstić information content (AvgIpc) is 3.28. The van der Waals surface area contributed by atoms with Crippen LogP contribution in [0.4, 0.5) is 0 Å². The van der Waals surface area contributed by atoms with Crippen LogP contribution in [0.1, 0.15) is 15.9 Å². The van der Waals surface area contributed by atoms with Crippen molar-refractivity contribution in [3.63, 3.8) is 0 Å². The number of hydrogen-bond acceptors (Lipinski definition) is 5. The van der Waals surface area contributed by atoms with Crippen LogP contribution in [0.5, 0.6) is 0 Å². The number of carbonyl (C=O) groups excluding carboxylic acids is 1. The molecule has 0 aliphatic heterocycles. The fourth-order valence-corrected chi connectivity index (χ4v) is 2.70. The molecule has 28 heavy (non-hydrogen) atoms. The number of aromatic amines is 1. The highest BCUT2D eigenvalue weighted by Crippen LogP contribution is 2.10. The van der Waals surface area contributed by atoms with Crippen molar-refractivity contribution < 1.29 is 4.79 Å². The Labute approximate surface area is 159 Å². The van der Waals surface area contributed by atoms with E-state index in [1.165, 1.54) is 6.20 Å². The Morgan fingerprint density at radius 1 is 1.07 bits per heavy atom. The lowest BCUT2D eigenvalue weighted by Crippen LogP contribution is -2.29. The number of pyridine rings is 1. The quantitative estimate of drug-likeness (QED) is 0.557. The molecular formula is C20H16N6O2. The predicted molar refractivity (Wildman–Crippen MR) is 103 cm³/mol. The Balaban J connectivity index is 1.47. The number of amides is 1. The Morgan fingerprint density at radius 3 is 2.75 bits per heavy atom. The van der Waals surface area contributed by atoms with Gasteiger partial charge in [-0.15, -0.1) is 0 Å². The fraction of sp³-hybridized carbons (Fsp3) is 0.0500. The van der Waals surface area contributed by atoms with E-state index in [9.17, 15) is 9.59 Å². The summed E-state index contributed by atoms with van der Waals surface area (Å²) in [6.07, 6.45) is 6.40. The minimum absolute atomic E-state index is 0.0529. The van der Waals surface area contributed by atoms with Crippen molar-refractivity contribution in [2.24, 2.45) is 0 Å². The van der Waals surface area contributed by atoms with Crippen LogP contribution < -0.4 is 10.9 Å². The number of aromatic nitrogens is 5. The van der Waals surface area contributed by atoms with Crippen LogP contribution in [0.3, 0.4) is 0 Å². The van der Waals surface area contributed by atoms with Crippen LogP contribution in [-0.2, 0) is 6.54 Å². The highest BCUT2D eigenvalue weighted by atomic mass is 16.2. The molecule has 1 aromatic carbocycles. The monoisotopic (exact) mass is 372 g/mol. The fourth-order valence-electron chi connectivity index (χ4n) is 2.70. The third-order valence-electron chi connectivity index (χ3n) is 4.08. The molecule has 0 bridgehead atoms. The van der Waals surface area contributed by atoms with E-state index >= 15 is 0 Å². The van der Waals surface area contributed by atoms with Crippen LogP contribution in [0, 0.1) is 0 Å².